The van der Waals surface area contributed by atoms with Gasteiger partial charge in [0.1, 0.15) is 28.9 Å². The minimum atomic E-state index is -1.05. The van der Waals surface area contributed by atoms with Crippen molar-refractivity contribution in [3.8, 4) is 28.7 Å². The molecule has 2 aliphatic rings. The maximum atomic E-state index is 14.3. The lowest BCUT2D eigenvalue weighted by Gasteiger charge is -2.34. The number of hydrogen-bond donors (Lipinski definition) is 2. The number of carbonyl (C=O) groups is 1. The molecule has 1 fully saturated rings. The van der Waals surface area contributed by atoms with E-state index in [1.54, 1.807) is 18.3 Å². The fourth-order valence-electron chi connectivity index (χ4n) is 4.39. The molecule has 0 saturated carbocycles. The number of aromatic nitrogens is 2. The lowest BCUT2D eigenvalue weighted by Crippen LogP contribution is -2.43. The summed E-state index contributed by atoms with van der Waals surface area (Å²) < 4.78 is 22.4. The summed E-state index contributed by atoms with van der Waals surface area (Å²) in [6, 6.07) is 9.75. The Morgan fingerprint density at radius 3 is 2.85 bits per heavy atom. The number of benzene rings is 2. The smallest absolute Gasteiger partial charge is 0.412 e. The molecule has 0 bridgehead atoms. The maximum Gasteiger partial charge on any atom is 0.412 e. The van der Waals surface area contributed by atoms with Gasteiger partial charge in [-0.1, -0.05) is 6.07 Å². The highest BCUT2D eigenvalue weighted by molar-refractivity contribution is 5.91. The van der Waals surface area contributed by atoms with Gasteiger partial charge in [-0.2, -0.15) is 10.4 Å². The van der Waals surface area contributed by atoms with Crippen molar-refractivity contribution in [2.75, 3.05) is 18.0 Å². The van der Waals surface area contributed by atoms with Gasteiger partial charge in [-0.3, -0.25) is 9.58 Å². The molecule has 1 aromatic heterocycles. The molecule has 2 aliphatic heterocycles. The average Bonchev–Trinajstić information content (AvgIpc) is 3.21. The molecular formula is C24H22FN5O3. The van der Waals surface area contributed by atoms with E-state index >= 15 is 0 Å². The summed E-state index contributed by atoms with van der Waals surface area (Å²) in [5, 5.41) is 27.0. The Balaban J connectivity index is 1.67. The number of rotatable bonds is 4. The van der Waals surface area contributed by atoms with Crippen molar-refractivity contribution in [2.24, 2.45) is 0 Å². The van der Waals surface area contributed by atoms with Crippen LogP contribution in [0, 0.1) is 17.1 Å². The van der Waals surface area contributed by atoms with Crippen LogP contribution in [0.15, 0.2) is 42.7 Å². The Labute approximate surface area is 189 Å². The van der Waals surface area contributed by atoms with Crippen molar-refractivity contribution in [1.29, 1.82) is 5.26 Å². The Kier molecular flexibility index (Phi) is 5.23. The van der Waals surface area contributed by atoms with Crippen LogP contribution >= 0.6 is 0 Å². The Morgan fingerprint density at radius 2 is 2.15 bits per heavy atom. The molecule has 0 aliphatic carbocycles. The van der Waals surface area contributed by atoms with Crippen LogP contribution in [0.3, 0.4) is 0 Å². The van der Waals surface area contributed by atoms with E-state index in [1.165, 1.54) is 23.1 Å². The number of halogens is 1. The Bertz CT molecular complexity index is 1280. The molecule has 168 valence electrons. The number of nitrogens with one attached hydrogen (secondary N) is 1. The van der Waals surface area contributed by atoms with Crippen LogP contribution in [-0.4, -0.2) is 40.1 Å². The van der Waals surface area contributed by atoms with Crippen molar-refractivity contribution >= 4 is 11.8 Å². The summed E-state index contributed by atoms with van der Waals surface area (Å²) in [4.78, 5) is 13.3. The van der Waals surface area contributed by atoms with E-state index in [4.69, 9.17) is 4.74 Å². The van der Waals surface area contributed by atoms with E-state index in [9.17, 15) is 19.6 Å². The predicted molar refractivity (Wildman–Crippen MR) is 119 cm³/mol. The zero-order valence-corrected chi connectivity index (χ0v) is 18.0. The number of nitrogens with zero attached hydrogens (tertiary/aromatic N) is 4. The second kappa shape index (κ2) is 8.22. The maximum absolute atomic E-state index is 14.3. The lowest BCUT2D eigenvalue weighted by atomic mass is 9.92. The molecule has 2 N–H and O–H groups in total. The molecule has 1 amide bonds. The standard InChI is InChI=1S/C24H22FN5O3/c1-14-5-6-18-21(30(14)24(31)32)8-7-17(15-10-28-29(13-15)16-11-27-12-16)23(18)33-22-4-2-3-20(25)19(22)9-26/h2-4,7-8,10,13-14,16,27H,5-6,11-12H2,1H3,(H,31,32)/t14-/m0/s1. The van der Waals surface area contributed by atoms with Crippen LogP contribution in [0.4, 0.5) is 14.9 Å². The minimum Gasteiger partial charge on any atom is -0.465 e. The topological polar surface area (TPSA) is 103 Å². The van der Waals surface area contributed by atoms with Crippen molar-refractivity contribution in [1.82, 2.24) is 15.1 Å². The van der Waals surface area contributed by atoms with Gasteiger partial charge in [0.05, 0.1) is 17.9 Å². The van der Waals surface area contributed by atoms with Gasteiger partial charge in [0.2, 0.25) is 0 Å². The number of carboxylic acid groups (broad SMARTS) is 1. The monoisotopic (exact) mass is 447 g/mol. The first-order chi connectivity index (χ1) is 16.0. The predicted octanol–water partition coefficient (Wildman–Crippen LogP) is 4.32. The van der Waals surface area contributed by atoms with Crippen molar-refractivity contribution in [3.05, 3.63) is 59.7 Å². The summed E-state index contributed by atoms with van der Waals surface area (Å²) in [5.41, 5.74) is 2.55. The molecule has 5 rings (SSSR count). The van der Waals surface area contributed by atoms with Gasteiger partial charge in [0, 0.05) is 42.0 Å². The van der Waals surface area contributed by atoms with E-state index < -0.39 is 11.9 Å². The zero-order valence-electron chi connectivity index (χ0n) is 18.0. The van der Waals surface area contributed by atoms with Gasteiger partial charge in [-0.15, -0.1) is 0 Å². The normalized spacial score (nSPS) is 17.7. The van der Waals surface area contributed by atoms with Crippen LogP contribution in [0.1, 0.15) is 30.5 Å². The van der Waals surface area contributed by atoms with Crippen molar-refractivity contribution in [2.45, 2.75) is 31.8 Å². The van der Waals surface area contributed by atoms with E-state index in [2.05, 4.69) is 10.4 Å². The number of nitriles is 1. The van der Waals surface area contributed by atoms with Crippen LogP contribution in [0.25, 0.3) is 11.1 Å². The van der Waals surface area contributed by atoms with Crippen LogP contribution < -0.4 is 15.0 Å². The molecule has 8 nitrogen and oxygen atoms in total. The number of ether oxygens (including phenoxy) is 1. The first-order valence-corrected chi connectivity index (χ1v) is 10.8. The number of amides is 1. The third-order valence-corrected chi connectivity index (χ3v) is 6.30. The Hall–Kier alpha value is -3.90. The zero-order chi connectivity index (χ0) is 23.1. The van der Waals surface area contributed by atoms with Gasteiger partial charge in [0.15, 0.2) is 0 Å². The van der Waals surface area contributed by atoms with E-state index in [-0.39, 0.29) is 23.4 Å². The summed E-state index contributed by atoms with van der Waals surface area (Å²) in [7, 11) is 0. The van der Waals surface area contributed by atoms with Gasteiger partial charge >= 0.3 is 6.09 Å². The van der Waals surface area contributed by atoms with Crippen LogP contribution in [0.2, 0.25) is 0 Å². The average molecular weight is 447 g/mol. The lowest BCUT2D eigenvalue weighted by molar-refractivity contribution is 0.198. The highest BCUT2D eigenvalue weighted by atomic mass is 19.1. The molecule has 1 saturated heterocycles. The number of fused-ring (bicyclic) bond motifs is 1. The van der Waals surface area contributed by atoms with Gasteiger partial charge in [-0.25, -0.2) is 9.18 Å². The molecule has 0 spiro atoms. The quantitative estimate of drug-likeness (QED) is 0.618. The van der Waals surface area contributed by atoms with Crippen LogP contribution in [0.5, 0.6) is 11.5 Å². The van der Waals surface area contributed by atoms with Gasteiger partial charge in [-0.05, 0) is 44.0 Å². The van der Waals surface area contributed by atoms with Crippen LogP contribution in [-0.2, 0) is 6.42 Å². The number of hydrogen-bond acceptors (Lipinski definition) is 5. The van der Waals surface area contributed by atoms with E-state index in [0.29, 0.717) is 35.4 Å². The molecule has 1 atom stereocenters. The number of anilines is 1. The summed E-state index contributed by atoms with van der Waals surface area (Å²) in [5.74, 6) is -0.172. The molecule has 9 heteroatoms. The molecule has 3 heterocycles. The second-order valence-electron chi connectivity index (χ2n) is 8.33. The van der Waals surface area contributed by atoms with E-state index in [0.717, 1.165) is 18.7 Å². The molecule has 33 heavy (non-hydrogen) atoms. The van der Waals surface area contributed by atoms with Gasteiger partial charge < -0.3 is 15.2 Å². The molecule has 0 radical (unpaired) electrons. The first kappa shape index (κ1) is 21.0. The van der Waals surface area contributed by atoms with Crippen molar-refractivity contribution < 1.29 is 19.0 Å². The van der Waals surface area contributed by atoms with Gasteiger partial charge in [0.25, 0.3) is 0 Å². The first-order valence-electron chi connectivity index (χ1n) is 10.8. The highest BCUT2D eigenvalue weighted by Gasteiger charge is 2.32. The Morgan fingerprint density at radius 1 is 1.33 bits per heavy atom. The fourth-order valence-corrected chi connectivity index (χ4v) is 4.39. The molecular weight excluding hydrogens is 425 g/mol. The fraction of sp³-hybridized carbons (Fsp3) is 0.292. The third-order valence-electron chi connectivity index (χ3n) is 6.30. The molecule has 0 unspecified atom stereocenters. The summed E-state index contributed by atoms with van der Waals surface area (Å²) in [6.45, 7) is 3.55. The summed E-state index contributed by atoms with van der Waals surface area (Å²) in [6.07, 6.45) is 3.82. The third kappa shape index (κ3) is 3.58. The largest absolute Gasteiger partial charge is 0.465 e. The van der Waals surface area contributed by atoms with Crippen molar-refractivity contribution in [3.63, 3.8) is 0 Å². The SMILES string of the molecule is C[C@H]1CCc2c(ccc(-c3cnn(C4CNC4)c3)c2Oc2cccc(F)c2C#N)N1C(=O)O. The summed E-state index contributed by atoms with van der Waals surface area (Å²) >= 11 is 0. The minimum absolute atomic E-state index is 0.0863. The molecule has 2 aromatic carbocycles. The second-order valence-corrected chi connectivity index (χ2v) is 8.33. The van der Waals surface area contributed by atoms with E-state index in [1.807, 2.05) is 23.9 Å². The molecule has 3 aromatic rings. The highest BCUT2D eigenvalue weighted by Crippen LogP contribution is 2.45.